The second-order valence-electron chi connectivity index (χ2n) is 6.45. The van der Waals surface area contributed by atoms with Gasteiger partial charge < -0.3 is 10.6 Å². The normalized spacial score (nSPS) is 16.2. The van der Waals surface area contributed by atoms with E-state index in [0.717, 1.165) is 50.0 Å². The van der Waals surface area contributed by atoms with E-state index in [-0.39, 0.29) is 24.0 Å². The predicted octanol–water partition coefficient (Wildman–Crippen LogP) is 3.40. The summed E-state index contributed by atoms with van der Waals surface area (Å²) in [4.78, 5) is 12.4. The van der Waals surface area contributed by atoms with Gasteiger partial charge in [-0.3, -0.25) is 9.89 Å². The molecule has 0 saturated carbocycles. The summed E-state index contributed by atoms with van der Waals surface area (Å²) in [5.74, 6) is 0.882. The van der Waals surface area contributed by atoms with Crippen LogP contribution in [0.2, 0.25) is 0 Å². The second-order valence-corrected chi connectivity index (χ2v) is 7.77. The molecule has 1 aliphatic heterocycles. The third kappa shape index (κ3) is 6.51. The molecule has 0 unspecified atom stereocenters. The Balaban J connectivity index is 0.00000243. The van der Waals surface area contributed by atoms with Gasteiger partial charge in [-0.05, 0) is 25.3 Å². The molecule has 0 amide bonds. The number of guanidine groups is 1. The molecule has 1 aromatic carbocycles. The molecule has 1 fully saturated rings. The van der Waals surface area contributed by atoms with Crippen LogP contribution in [0.1, 0.15) is 28.3 Å². The molecule has 2 N–H and O–H groups in total. The molecule has 2 heterocycles. The largest absolute Gasteiger partial charge is 0.354 e. The molecule has 2 aromatic rings. The highest BCUT2D eigenvalue weighted by atomic mass is 127. The Morgan fingerprint density at radius 1 is 1.27 bits per heavy atom. The first-order valence-electron chi connectivity index (χ1n) is 8.87. The maximum absolute atomic E-state index is 4.36. The third-order valence-corrected chi connectivity index (χ3v) is 5.41. The van der Waals surface area contributed by atoms with E-state index in [4.69, 9.17) is 0 Å². The summed E-state index contributed by atoms with van der Waals surface area (Å²) < 4.78 is 0. The first-order chi connectivity index (χ1) is 12.2. The van der Waals surface area contributed by atoms with Crippen LogP contribution in [0.3, 0.4) is 0 Å². The predicted molar refractivity (Wildman–Crippen MR) is 120 cm³/mol. The molecule has 1 saturated heterocycles. The maximum Gasteiger partial charge on any atom is 0.191 e. The summed E-state index contributed by atoms with van der Waals surface area (Å²) >= 11 is 1.72. The average molecular weight is 485 g/mol. The smallest absolute Gasteiger partial charge is 0.191 e. The lowest BCUT2D eigenvalue weighted by molar-refractivity contribution is 0.198. The van der Waals surface area contributed by atoms with Gasteiger partial charge in [0.15, 0.2) is 5.96 Å². The number of piperidine rings is 1. The van der Waals surface area contributed by atoms with Crippen LogP contribution in [0.25, 0.3) is 0 Å². The quantitative estimate of drug-likeness (QED) is 0.388. The van der Waals surface area contributed by atoms with Gasteiger partial charge >= 0.3 is 0 Å². The van der Waals surface area contributed by atoms with Crippen LogP contribution in [-0.2, 0) is 13.1 Å². The van der Waals surface area contributed by atoms with Crippen molar-refractivity contribution < 1.29 is 0 Å². The molecule has 0 bridgehead atoms. The number of likely N-dealkylation sites (tertiary alicyclic amines) is 1. The van der Waals surface area contributed by atoms with Crippen molar-refractivity contribution in [2.45, 2.75) is 38.9 Å². The van der Waals surface area contributed by atoms with Crippen LogP contribution in [0.5, 0.6) is 0 Å². The van der Waals surface area contributed by atoms with E-state index in [9.17, 15) is 0 Å². The van der Waals surface area contributed by atoms with Crippen molar-refractivity contribution in [3.05, 3.63) is 52.0 Å². The van der Waals surface area contributed by atoms with E-state index in [0.29, 0.717) is 6.04 Å². The molecule has 1 aromatic heterocycles. The second kappa shape index (κ2) is 10.8. The van der Waals surface area contributed by atoms with E-state index in [1.54, 1.807) is 11.3 Å². The number of nitrogens with zero attached hydrogens (tertiary/aromatic N) is 3. The van der Waals surface area contributed by atoms with Crippen molar-refractivity contribution in [2.24, 2.45) is 4.99 Å². The Kier molecular flexibility index (Phi) is 8.80. The van der Waals surface area contributed by atoms with Crippen molar-refractivity contribution in [3.8, 4) is 0 Å². The number of aromatic nitrogens is 1. The zero-order valence-corrected chi connectivity index (χ0v) is 18.6. The fourth-order valence-electron chi connectivity index (χ4n) is 3.12. The summed E-state index contributed by atoms with van der Waals surface area (Å²) in [6, 6.07) is 11.2. The SMILES string of the molecule is CN=C(NCc1cnc(C)s1)NC1CCN(Cc2ccccc2)CC1.I. The summed E-state index contributed by atoms with van der Waals surface area (Å²) in [6.45, 7) is 6.10. The lowest BCUT2D eigenvalue weighted by Crippen LogP contribution is -2.48. The topological polar surface area (TPSA) is 52.6 Å². The Morgan fingerprint density at radius 3 is 2.62 bits per heavy atom. The number of halogens is 1. The van der Waals surface area contributed by atoms with Crippen molar-refractivity contribution in [3.63, 3.8) is 0 Å². The van der Waals surface area contributed by atoms with Gasteiger partial charge in [0.2, 0.25) is 0 Å². The van der Waals surface area contributed by atoms with E-state index < -0.39 is 0 Å². The lowest BCUT2D eigenvalue weighted by atomic mass is 10.0. The van der Waals surface area contributed by atoms with Crippen LogP contribution in [0, 0.1) is 6.92 Å². The number of hydrogen-bond donors (Lipinski definition) is 2. The highest BCUT2D eigenvalue weighted by Crippen LogP contribution is 2.14. The number of rotatable bonds is 5. The Bertz CT molecular complexity index is 680. The first kappa shape index (κ1) is 21.1. The molecule has 142 valence electrons. The van der Waals surface area contributed by atoms with Gasteiger partial charge in [-0.1, -0.05) is 30.3 Å². The fourth-order valence-corrected chi connectivity index (χ4v) is 3.86. The van der Waals surface area contributed by atoms with Gasteiger partial charge in [-0.15, -0.1) is 35.3 Å². The number of benzene rings is 1. The molecule has 0 atom stereocenters. The highest BCUT2D eigenvalue weighted by Gasteiger charge is 2.20. The zero-order chi connectivity index (χ0) is 17.5. The van der Waals surface area contributed by atoms with Crippen LogP contribution in [0.4, 0.5) is 0 Å². The first-order valence-corrected chi connectivity index (χ1v) is 9.69. The Labute approximate surface area is 177 Å². The molecule has 3 rings (SSSR count). The molecule has 0 aliphatic carbocycles. The van der Waals surface area contributed by atoms with E-state index in [1.165, 1.54) is 10.4 Å². The molecular weight excluding hydrogens is 457 g/mol. The number of aliphatic imine (C=N–C) groups is 1. The monoisotopic (exact) mass is 485 g/mol. The number of nitrogens with one attached hydrogen (secondary N) is 2. The average Bonchev–Trinajstić information content (AvgIpc) is 3.06. The molecule has 7 heteroatoms. The maximum atomic E-state index is 4.36. The Morgan fingerprint density at radius 2 is 2.00 bits per heavy atom. The lowest BCUT2D eigenvalue weighted by Gasteiger charge is -2.33. The molecule has 5 nitrogen and oxygen atoms in total. The van der Waals surface area contributed by atoms with E-state index >= 15 is 0 Å². The van der Waals surface area contributed by atoms with E-state index in [1.807, 2.05) is 20.2 Å². The minimum atomic E-state index is 0. The van der Waals surface area contributed by atoms with Crippen molar-refractivity contribution in [2.75, 3.05) is 20.1 Å². The van der Waals surface area contributed by atoms with Crippen LogP contribution in [-0.4, -0.2) is 42.0 Å². The molecule has 1 aliphatic rings. The van der Waals surface area contributed by atoms with Gasteiger partial charge in [-0.25, -0.2) is 4.98 Å². The van der Waals surface area contributed by atoms with Gasteiger partial charge in [0, 0.05) is 43.8 Å². The minimum absolute atomic E-state index is 0. The van der Waals surface area contributed by atoms with Gasteiger partial charge in [0.05, 0.1) is 11.6 Å². The minimum Gasteiger partial charge on any atom is -0.354 e. The van der Waals surface area contributed by atoms with Crippen molar-refractivity contribution in [1.82, 2.24) is 20.5 Å². The third-order valence-electron chi connectivity index (χ3n) is 4.50. The molecule has 0 radical (unpaired) electrons. The van der Waals surface area contributed by atoms with Crippen LogP contribution in [0.15, 0.2) is 41.5 Å². The summed E-state index contributed by atoms with van der Waals surface area (Å²) in [5.41, 5.74) is 1.39. The van der Waals surface area contributed by atoms with Crippen molar-refractivity contribution in [1.29, 1.82) is 0 Å². The fraction of sp³-hybridized carbons (Fsp3) is 0.474. The molecular formula is C19H28IN5S. The van der Waals surface area contributed by atoms with Gasteiger partial charge in [0.25, 0.3) is 0 Å². The van der Waals surface area contributed by atoms with Crippen molar-refractivity contribution >= 4 is 41.3 Å². The number of aryl methyl sites for hydroxylation is 1. The number of thiazole rings is 1. The Hall–Kier alpha value is -1.19. The van der Waals surface area contributed by atoms with Gasteiger partial charge in [-0.2, -0.15) is 0 Å². The van der Waals surface area contributed by atoms with Gasteiger partial charge in [0.1, 0.15) is 0 Å². The summed E-state index contributed by atoms with van der Waals surface area (Å²) in [6.07, 6.45) is 4.22. The van der Waals surface area contributed by atoms with Crippen LogP contribution < -0.4 is 10.6 Å². The summed E-state index contributed by atoms with van der Waals surface area (Å²) in [7, 11) is 1.83. The standard InChI is InChI=1S/C19H27N5S.HI/c1-15-21-12-18(25-15)13-22-19(20-2)23-17-8-10-24(11-9-17)14-16-6-4-3-5-7-16;/h3-7,12,17H,8-11,13-14H2,1-2H3,(H2,20,22,23);1H. The van der Waals surface area contributed by atoms with Crippen LogP contribution >= 0.6 is 35.3 Å². The highest BCUT2D eigenvalue weighted by molar-refractivity contribution is 14.0. The van der Waals surface area contributed by atoms with E-state index in [2.05, 4.69) is 55.8 Å². The number of hydrogen-bond acceptors (Lipinski definition) is 4. The zero-order valence-electron chi connectivity index (χ0n) is 15.4. The molecule has 26 heavy (non-hydrogen) atoms. The summed E-state index contributed by atoms with van der Waals surface area (Å²) in [5, 5.41) is 8.06. The molecule has 0 spiro atoms.